The van der Waals surface area contributed by atoms with Crippen molar-refractivity contribution in [3.63, 3.8) is 0 Å². The van der Waals surface area contributed by atoms with Crippen LogP contribution >= 0.6 is 27.5 Å². The van der Waals surface area contributed by atoms with Gasteiger partial charge < -0.3 is 0 Å². The standard InChI is InChI=1S/C11H13BrClF/c1-2-9(12)5-3-8-4-6-10(13)11(14)7-8/h4,6-7,9H,2-3,5H2,1H3. The van der Waals surface area contributed by atoms with Crippen LogP contribution in [0, 0.1) is 5.82 Å². The first-order chi connectivity index (χ1) is 6.63. The Kier molecular flexibility index (Phi) is 4.90. The van der Waals surface area contributed by atoms with Crippen molar-refractivity contribution in [1.29, 1.82) is 0 Å². The number of rotatable bonds is 4. The van der Waals surface area contributed by atoms with Gasteiger partial charge >= 0.3 is 0 Å². The van der Waals surface area contributed by atoms with Gasteiger partial charge in [0, 0.05) is 4.83 Å². The Balaban J connectivity index is 2.55. The molecule has 0 radical (unpaired) electrons. The molecule has 0 aliphatic carbocycles. The predicted octanol–water partition coefficient (Wildman–Crippen LogP) is 4.59. The normalized spacial score (nSPS) is 12.9. The number of aryl methyl sites for hydroxylation is 1. The Hall–Kier alpha value is -0.0800. The summed E-state index contributed by atoms with van der Waals surface area (Å²) in [5.74, 6) is -0.327. The van der Waals surface area contributed by atoms with Crippen molar-refractivity contribution in [2.75, 3.05) is 0 Å². The third kappa shape index (κ3) is 3.58. The molecule has 14 heavy (non-hydrogen) atoms. The van der Waals surface area contributed by atoms with Crippen LogP contribution in [0.1, 0.15) is 25.3 Å². The van der Waals surface area contributed by atoms with Crippen molar-refractivity contribution in [2.24, 2.45) is 0 Å². The number of halogens is 3. The fourth-order valence-corrected chi connectivity index (χ4v) is 1.57. The molecule has 1 aromatic carbocycles. The van der Waals surface area contributed by atoms with Crippen LogP contribution in [0.5, 0.6) is 0 Å². The maximum Gasteiger partial charge on any atom is 0.142 e. The van der Waals surface area contributed by atoms with Crippen molar-refractivity contribution >= 4 is 27.5 Å². The summed E-state index contributed by atoms with van der Waals surface area (Å²) in [7, 11) is 0. The van der Waals surface area contributed by atoms with Gasteiger partial charge in [0.15, 0.2) is 0 Å². The molecular formula is C11H13BrClF. The lowest BCUT2D eigenvalue weighted by Gasteiger charge is -2.06. The molecule has 0 aliphatic rings. The van der Waals surface area contributed by atoms with Crippen molar-refractivity contribution in [3.05, 3.63) is 34.6 Å². The van der Waals surface area contributed by atoms with Gasteiger partial charge in [-0.2, -0.15) is 0 Å². The second kappa shape index (κ2) is 5.72. The first kappa shape index (κ1) is 12.0. The minimum absolute atomic E-state index is 0.194. The third-order valence-corrected chi connectivity index (χ3v) is 3.59. The van der Waals surface area contributed by atoms with Crippen molar-refractivity contribution < 1.29 is 4.39 Å². The van der Waals surface area contributed by atoms with Crippen LogP contribution in [-0.2, 0) is 6.42 Å². The lowest BCUT2D eigenvalue weighted by molar-refractivity contribution is 0.624. The van der Waals surface area contributed by atoms with E-state index in [0.29, 0.717) is 4.83 Å². The average molecular weight is 280 g/mol. The Labute approximate surface area is 97.6 Å². The molecule has 0 amide bonds. The van der Waals surface area contributed by atoms with E-state index in [1.807, 2.05) is 6.07 Å². The second-order valence-electron chi connectivity index (χ2n) is 3.29. The second-order valence-corrected chi connectivity index (χ2v) is 4.99. The molecule has 1 atom stereocenters. The summed E-state index contributed by atoms with van der Waals surface area (Å²) in [6.07, 6.45) is 3.01. The molecular weight excluding hydrogens is 266 g/mol. The van der Waals surface area contributed by atoms with Crippen LogP contribution in [-0.4, -0.2) is 4.83 Å². The predicted molar refractivity (Wildman–Crippen MR) is 62.7 cm³/mol. The van der Waals surface area contributed by atoms with Gasteiger partial charge in [-0.3, -0.25) is 0 Å². The van der Waals surface area contributed by atoms with Gasteiger partial charge in [0.2, 0.25) is 0 Å². The molecule has 0 heterocycles. The average Bonchev–Trinajstić information content (AvgIpc) is 2.19. The zero-order valence-electron chi connectivity index (χ0n) is 8.06. The molecule has 0 fully saturated rings. The van der Waals surface area contributed by atoms with Crippen LogP contribution in [0.4, 0.5) is 4.39 Å². The van der Waals surface area contributed by atoms with E-state index in [9.17, 15) is 4.39 Å². The topological polar surface area (TPSA) is 0 Å². The van der Waals surface area contributed by atoms with Gasteiger partial charge in [0.25, 0.3) is 0 Å². The van der Waals surface area contributed by atoms with Gasteiger partial charge in [0.05, 0.1) is 5.02 Å². The summed E-state index contributed by atoms with van der Waals surface area (Å²) in [4.78, 5) is 0.515. The molecule has 1 rings (SSSR count). The molecule has 0 saturated carbocycles. The Morgan fingerprint density at radius 1 is 1.50 bits per heavy atom. The van der Waals surface area contributed by atoms with Crippen molar-refractivity contribution in [1.82, 2.24) is 0 Å². The van der Waals surface area contributed by atoms with Crippen LogP contribution in [0.3, 0.4) is 0 Å². The van der Waals surface area contributed by atoms with E-state index >= 15 is 0 Å². The third-order valence-electron chi connectivity index (χ3n) is 2.17. The fraction of sp³-hybridized carbons (Fsp3) is 0.455. The monoisotopic (exact) mass is 278 g/mol. The van der Waals surface area contributed by atoms with Crippen LogP contribution in [0.2, 0.25) is 5.02 Å². The number of alkyl halides is 1. The molecule has 78 valence electrons. The SMILES string of the molecule is CCC(Br)CCc1ccc(Cl)c(F)c1. The molecule has 3 heteroatoms. The molecule has 0 nitrogen and oxygen atoms in total. The summed E-state index contributed by atoms with van der Waals surface area (Å²) in [5.41, 5.74) is 1.00. The van der Waals surface area contributed by atoms with Gasteiger partial charge in [-0.1, -0.05) is 40.5 Å². The van der Waals surface area contributed by atoms with Gasteiger partial charge in [-0.05, 0) is 37.0 Å². The summed E-state index contributed by atoms with van der Waals surface area (Å²) in [6.45, 7) is 2.13. The molecule has 0 bridgehead atoms. The van der Waals surface area contributed by atoms with E-state index < -0.39 is 0 Å². The van der Waals surface area contributed by atoms with Crippen LogP contribution < -0.4 is 0 Å². The molecule has 1 aromatic rings. The molecule has 0 spiro atoms. The zero-order chi connectivity index (χ0) is 10.6. The highest BCUT2D eigenvalue weighted by Crippen LogP contribution is 2.18. The highest BCUT2D eigenvalue weighted by Gasteiger charge is 2.04. The van der Waals surface area contributed by atoms with E-state index in [2.05, 4.69) is 22.9 Å². The zero-order valence-corrected chi connectivity index (χ0v) is 10.4. The van der Waals surface area contributed by atoms with Crippen molar-refractivity contribution in [3.8, 4) is 0 Å². The number of hydrogen-bond acceptors (Lipinski definition) is 0. The molecule has 0 saturated heterocycles. The van der Waals surface area contributed by atoms with E-state index in [4.69, 9.17) is 11.6 Å². The van der Waals surface area contributed by atoms with Crippen LogP contribution in [0.15, 0.2) is 18.2 Å². The highest BCUT2D eigenvalue weighted by atomic mass is 79.9. The first-order valence-corrected chi connectivity index (χ1v) is 6.01. The minimum atomic E-state index is -0.327. The van der Waals surface area contributed by atoms with E-state index in [1.54, 1.807) is 6.07 Å². The van der Waals surface area contributed by atoms with Crippen molar-refractivity contribution in [2.45, 2.75) is 31.0 Å². The summed E-state index contributed by atoms with van der Waals surface area (Å²) < 4.78 is 13.0. The van der Waals surface area contributed by atoms with E-state index in [1.165, 1.54) is 6.07 Å². The van der Waals surface area contributed by atoms with Gasteiger partial charge in [-0.15, -0.1) is 0 Å². The van der Waals surface area contributed by atoms with E-state index in [0.717, 1.165) is 24.8 Å². The first-order valence-electron chi connectivity index (χ1n) is 4.71. The largest absolute Gasteiger partial charge is 0.205 e. The lowest BCUT2D eigenvalue weighted by atomic mass is 10.1. The maximum atomic E-state index is 13.0. The number of benzene rings is 1. The number of hydrogen-bond donors (Lipinski definition) is 0. The van der Waals surface area contributed by atoms with Crippen LogP contribution in [0.25, 0.3) is 0 Å². The van der Waals surface area contributed by atoms with Gasteiger partial charge in [-0.25, -0.2) is 4.39 Å². The Morgan fingerprint density at radius 2 is 2.21 bits per heavy atom. The fourth-order valence-electron chi connectivity index (χ4n) is 1.22. The molecule has 0 aromatic heterocycles. The highest BCUT2D eigenvalue weighted by molar-refractivity contribution is 9.09. The van der Waals surface area contributed by atoms with Gasteiger partial charge in [0.1, 0.15) is 5.82 Å². The maximum absolute atomic E-state index is 13.0. The quantitative estimate of drug-likeness (QED) is 0.707. The lowest BCUT2D eigenvalue weighted by Crippen LogP contribution is -1.98. The Bertz CT molecular complexity index is 301. The molecule has 0 aliphatic heterocycles. The molecule has 1 unspecified atom stereocenters. The Morgan fingerprint density at radius 3 is 2.79 bits per heavy atom. The summed E-state index contributed by atoms with van der Waals surface area (Å²) in [5, 5.41) is 0.194. The minimum Gasteiger partial charge on any atom is -0.205 e. The summed E-state index contributed by atoms with van der Waals surface area (Å²) >= 11 is 9.13. The molecule has 0 N–H and O–H groups in total. The van der Waals surface area contributed by atoms with E-state index in [-0.39, 0.29) is 10.8 Å². The summed E-state index contributed by atoms with van der Waals surface area (Å²) in [6, 6.07) is 5.00. The smallest absolute Gasteiger partial charge is 0.142 e.